The largest absolute Gasteiger partial charge is 0.473 e. The molecule has 2 N–H and O–H groups in total. The third-order valence-electron chi connectivity index (χ3n) is 4.35. The van der Waals surface area contributed by atoms with Crippen LogP contribution in [-0.2, 0) is 22.7 Å². The molecule has 1 saturated heterocycles. The number of piperazine rings is 1. The van der Waals surface area contributed by atoms with Crippen molar-refractivity contribution in [1.29, 1.82) is 0 Å². The van der Waals surface area contributed by atoms with Crippen molar-refractivity contribution >= 4 is 27.9 Å². The standard InChI is InChI=1S/C18H20BrFN2.C2H2O4/c19-17-7-3-1-5-15(17)13-21-9-11-22(12-10-21)14-16-6-2-4-8-18(16)20;3-1(4)2(5)6/h1-8H,9-14H2;(H,3,4)(H,5,6). The molecule has 0 aliphatic carbocycles. The average molecular weight is 453 g/mol. The molecule has 1 heterocycles. The van der Waals surface area contributed by atoms with E-state index in [-0.39, 0.29) is 5.82 Å². The van der Waals surface area contributed by atoms with Crippen molar-refractivity contribution in [2.45, 2.75) is 13.1 Å². The summed E-state index contributed by atoms with van der Waals surface area (Å²) < 4.78 is 14.9. The van der Waals surface area contributed by atoms with Crippen molar-refractivity contribution in [3.05, 3.63) is 69.9 Å². The molecular weight excluding hydrogens is 431 g/mol. The second-order valence-electron chi connectivity index (χ2n) is 6.35. The fourth-order valence-corrected chi connectivity index (χ4v) is 3.25. The zero-order valence-corrected chi connectivity index (χ0v) is 16.8. The Kier molecular flexibility index (Phi) is 8.56. The van der Waals surface area contributed by atoms with E-state index in [0.29, 0.717) is 6.54 Å². The Morgan fingerprint density at radius 1 is 0.821 bits per heavy atom. The summed E-state index contributed by atoms with van der Waals surface area (Å²) in [6.45, 7) is 5.69. The third kappa shape index (κ3) is 7.03. The zero-order valence-electron chi connectivity index (χ0n) is 15.2. The smallest absolute Gasteiger partial charge is 0.414 e. The Hall–Kier alpha value is -2.29. The molecule has 0 aromatic heterocycles. The summed E-state index contributed by atoms with van der Waals surface area (Å²) in [5.74, 6) is -3.75. The van der Waals surface area contributed by atoms with Gasteiger partial charge in [0.05, 0.1) is 0 Å². The first kappa shape index (κ1) is 22.0. The summed E-state index contributed by atoms with van der Waals surface area (Å²) in [5, 5.41) is 14.8. The highest BCUT2D eigenvalue weighted by molar-refractivity contribution is 9.10. The van der Waals surface area contributed by atoms with Crippen molar-refractivity contribution in [1.82, 2.24) is 9.80 Å². The van der Waals surface area contributed by atoms with Crippen LogP contribution >= 0.6 is 15.9 Å². The Morgan fingerprint density at radius 2 is 1.25 bits per heavy atom. The van der Waals surface area contributed by atoms with Gasteiger partial charge in [0.25, 0.3) is 0 Å². The molecule has 0 spiro atoms. The van der Waals surface area contributed by atoms with E-state index in [0.717, 1.165) is 38.3 Å². The summed E-state index contributed by atoms with van der Waals surface area (Å²) >= 11 is 3.61. The van der Waals surface area contributed by atoms with Crippen molar-refractivity contribution < 1.29 is 24.2 Å². The Morgan fingerprint density at radius 3 is 1.71 bits per heavy atom. The number of carboxylic acids is 2. The summed E-state index contributed by atoms with van der Waals surface area (Å²) in [6, 6.07) is 15.4. The molecule has 6 nitrogen and oxygen atoms in total. The van der Waals surface area contributed by atoms with Gasteiger partial charge in [-0.15, -0.1) is 0 Å². The molecule has 1 aliphatic rings. The van der Waals surface area contributed by atoms with E-state index in [1.807, 2.05) is 18.2 Å². The predicted octanol–water partition coefficient (Wildman–Crippen LogP) is 3.06. The Balaban J connectivity index is 0.000000409. The fourth-order valence-electron chi connectivity index (χ4n) is 2.84. The van der Waals surface area contributed by atoms with Crippen molar-refractivity contribution in [2.75, 3.05) is 26.2 Å². The average Bonchev–Trinajstić information content (AvgIpc) is 2.67. The van der Waals surface area contributed by atoms with Crippen molar-refractivity contribution in [2.24, 2.45) is 0 Å². The predicted molar refractivity (Wildman–Crippen MR) is 106 cm³/mol. The SMILES string of the molecule is Fc1ccccc1CN1CCN(Cc2ccccc2Br)CC1.O=C(O)C(=O)O. The van der Waals surface area contributed by atoms with E-state index in [9.17, 15) is 4.39 Å². The number of benzene rings is 2. The van der Waals surface area contributed by atoms with Crippen LogP contribution < -0.4 is 0 Å². The molecule has 3 rings (SSSR count). The minimum atomic E-state index is -1.82. The lowest BCUT2D eigenvalue weighted by Crippen LogP contribution is -2.45. The van der Waals surface area contributed by atoms with Gasteiger partial charge in [-0.05, 0) is 17.7 Å². The van der Waals surface area contributed by atoms with Gasteiger partial charge in [-0.2, -0.15) is 0 Å². The number of hydrogen-bond donors (Lipinski definition) is 2. The second kappa shape index (κ2) is 10.9. The first-order valence-electron chi connectivity index (χ1n) is 8.74. The van der Waals surface area contributed by atoms with Gasteiger partial charge in [0.1, 0.15) is 5.82 Å². The van der Waals surface area contributed by atoms with E-state index >= 15 is 0 Å². The molecule has 1 fully saturated rings. The quantitative estimate of drug-likeness (QED) is 0.693. The Labute approximate surface area is 171 Å². The molecule has 2 aromatic carbocycles. The molecular formula is C20H22BrFN2O4. The van der Waals surface area contributed by atoms with Gasteiger partial charge in [0.2, 0.25) is 0 Å². The number of nitrogens with zero attached hydrogens (tertiary/aromatic N) is 2. The van der Waals surface area contributed by atoms with Crippen molar-refractivity contribution in [3.8, 4) is 0 Å². The number of aliphatic carboxylic acids is 2. The van der Waals surface area contributed by atoms with Gasteiger partial charge < -0.3 is 10.2 Å². The molecule has 0 unspecified atom stereocenters. The fraction of sp³-hybridized carbons (Fsp3) is 0.300. The lowest BCUT2D eigenvalue weighted by molar-refractivity contribution is -0.159. The van der Waals surface area contributed by atoms with Gasteiger partial charge in [0, 0.05) is 49.3 Å². The lowest BCUT2D eigenvalue weighted by atomic mass is 10.1. The van der Waals surface area contributed by atoms with Crippen LogP contribution in [0.5, 0.6) is 0 Å². The van der Waals surface area contributed by atoms with Crippen molar-refractivity contribution in [3.63, 3.8) is 0 Å². The molecule has 2 aromatic rings. The molecule has 8 heteroatoms. The maximum atomic E-state index is 13.7. The molecule has 0 bridgehead atoms. The number of rotatable bonds is 4. The summed E-state index contributed by atoms with van der Waals surface area (Å²) in [7, 11) is 0. The molecule has 0 atom stereocenters. The number of carboxylic acid groups (broad SMARTS) is 2. The highest BCUT2D eigenvalue weighted by Gasteiger charge is 2.18. The highest BCUT2D eigenvalue weighted by Crippen LogP contribution is 2.19. The maximum absolute atomic E-state index is 13.7. The van der Waals surface area contributed by atoms with Gasteiger partial charge in [0.15, 0.2) is 0 Å². The molecule has 28 heavy (non-hydrogen) atoms. The summed E-state index contributed by atoms with van der Waals surface area (Å²) in [5.41, 5.74) is 2.12. The monoisotopic (exact) mass is 452 g/mol. The number of hydrogen-bond acceptors (Lipinski definition) is 4. The van der Waals surface area contributed by atoms with Gasteiger partial charge in [-0.3, -0.25) is 9.80 Å². The Bertz CT molecular complexity index is 743. The lowest BCUT2D eigenvalue weighted by Gasteiger charge is -2.35. The van der Waals surface area contributed by atoms with Gasteiger partial charge in [-0.1, -0.05) is 52.3 Å². The topological polar surface area (TPSA) is 81.1 Å². The van der Waals surface area contributed by atoms with Gasteiger partial charge >= 0.3 is 11.9 Å². The van der Waals surface area contributed by atoms with Crippen LogP contribution in [0.2, 0.25) is 0 Å². The van der Waals surface area contributed by atoms with E-state index in [1.54, 1.807) is 12.1 Å². The molecule has 1 aliphatic heterocycles. The van der Waals surface area contributed by atoms with Crippen LogP contribution in [0.1, 0.15) is 11.1 Å². The second-order valence-corrected chi connectivity index (χ2v) is 7.20. The van der Waals surface area contributed by atoms with Gasteiger partial charge in [-0.25, -0.2) is 14.0 Å². The summed E-state index contributed by atoms with van der Waals surface area (Å²) in [6.07, 6.45) is 0. The molecule has 0 radical (unpaired) electrons. The first-order chi connectivity index (χ1) is 13.4. The van der Waals surface area contributed by atoms with Crippen LogP contribution in [0.4, 0.5) is 4.39 Å². The molecule has 0 saturated carbocycles. The summed E-state index contributed by atoms with van der Waals surface area (Å²) in [4.78, 5) is 23.0. The van der Waals surface area contributed by atoms with E-state index < -0.39 is 11.9 Å². The number of carbonyl (C=O) groups is 2. The molecule has 0 amide bonds. The number of halogens is 2. The van der Waals surface area contributed by atoms with Crippen LogP contribution in [0.15, 0.2) is 53.0 Å². The van der Waals surface area contributed by atoms with E-state index in [4.69, 9.17) is 19.8 Å². The molecule has 150 valence electrons. The zero-order chi connectivity index (χ0) is 20.5. The van der Waals surface area contributed by atoms with Crippen LogP contribution in [0.25, 0.3) is 0 Å². The van der Waals surface area contributed by atoms with Crippen LogP contribution in [0, 0.1) is 5.82 Å². The minimum absolute atomic E-state index is 0.0989. The van der Waals surface area contributed by atoms with E-state index in [2.05, 4.69) is 43.9 Å². The normalized spacial score (nSPS) is 14.8. The minimum Gasteiger partial charge on any atom is -0.473 e. The van der Waals surface area contributed by atoms with Crippen LogP contribution in [0.3, 0.4) is 0 Å². The van der Waals surface area contributed by atoms with E-state index in [1.165, 1.54) is 10.0 Å². The third-order valence-corrected chi connectivity index (χ3v) is 5.13. The highest BCUT2D eigenvalue weighted by atomic mass is 79.9. The van der Waals surface area contributed by atoms with Crippen LogP contribution in [-0.4, -0.2) is 58.1 Å². The maximum Gasteiger partial charge on any atom is 0.414 e. The first-order valence-corrected chi connectivity index (χ1v) is 9.54.